The highest BCUT2D eigenvalue weighted by atomic mass is 32.2. The zero-order valence-electron chi connectivity index (χ0n) is 30.7. The zero-order valence-corrected chi connectivity index (χ0v) is 31.6. The van der Waals surface area contributed by atoms with Crippen LogP contribution in [0.25, 0.3) is 23.0 Å². The van der Waals surface area contributed by atoms with Gasteiger partial charge in [-0.05, 0) is 49.9 Å². The molecule has 5 amide bonds. The van der Waals surface area contributed by atoms with Crippen molar-refractivity contribution in [2.45, 2.75) is 68.7 Å². The highest BCUT2D eigenvalue weighted by molar-refractivity contribution is 8.00. The second-order valence-electron chi connectivity index (χ2n) is 12.9. The van der Waals surface area contributed by atoms with Crippen molar-refractivity contribution < 1.29 is 33.4 Å². The monoisotopic (exact) mass is 779 g/mol. The molecule has 0 unspecified atom stereocenters. The van der Waals surface area contributed by atoms with Gasteiger partial charge in [0.2, 0.25) is 29.4 Å². The van der Waals surface area contributed by atoms with Crippen LogP contribution in [0.2, 0.25) is 0 Å². The van der Waals surface area contributed by atoms with Crippen molar-refractivity contribution in [3.8, 4) is 23.0 Å². The molecule has 3 aromatic rings. The summed E-state index contributed by atoms with van der Waals surface area (Å²) in [6, 6.07) is 9.06. The van der Waals surface area contributed by atoms with Gasteiger partial charge in [-0.25, -0.2) is 4.79 Å². The van der Waals surface area contributed by atoms with E-state index in [0.717, 1.165) is 31.4 Å². The van der Waals surface area contributed by atoms with Crippen molar-refractivity contribution >= 4 is 41.2 Å². The molecular formula is C36H49N11O7S. The van der Waals surface area contributed by atoms with Gasteiger partial charge in [-0.15, -0.1) is 20.4 Å². The van der Waals surface area contributed by atoms with Crippen LogP contribution in [0.3, 0.4) is 0 Å². The first kappa shape index (κ1) is 41.3. The number of pyridine rings is 2. The first-order chi connectivity index (χ1) is 26.9. The molecule has 296 valence electrons. The number of nitrogens with zero attached hydrogens (tertiary/aromatic N) is 6. The van der Waals surface area contributed by atoms with E-state index in [-0.39, 0.29) is 54.5 Å². The topological polar surface area (TPSA) is 233 Å². The lowest BCUT2D eigenvalue weighted by Gasteiger charge is -2.16. The number of hydrogen-bond acceptors (Lipinski definition) is 14. The first-order valence-corrected chi connectivity index (χ1v) is 19.7. The molecular weight excluding hydrogens is 731 g/mol. The third-order valence-corrected chi connectivity index (χ3v) is 10.1. The Kier molecular flexibility index (Phi) is 17.4. The van der Waals surface area contributed by atoms with Gasteiger partial charge in [0.25, 0.3) is 0 Å². The van der Waals surface area contributed by atoms with E-state index in [4.69, 9.17) is 14.2 Å². The fourth-order valence-electron chi connectivity index (χ4n) is 5.78. The minimum Gasteiger partial charge on any atom is -0.379 e. The van der Waals surface area contributed by atoms with E-state index >= 15 is 0 Å². The SMILES string of the molecule is O=C(CCCC[C@@H]1SC[C@@H]2NC(=O)N[C@@H]21)NCCCOCCOCCOCCCNC(=O)CCC(=O)Nc1ccc(-c2nnc(-c3ccccn3)nn2)nc1. The average molecular weight is 780 g/mol. The number of hydrogen-bond donors (Lipinski definition) is 5. The summed E-state index contributed by atoms with van der Waals surface area (Å²) < 4.78 is 16.6. The molecule has 3 aromatic heterocycles. The standard InChI is InChI=1S/C36H49N11O7S/c48-30(9-2-1-8-29-33-28(24-55-29)42-36(51)43-33)38-15-5-17-52-19-21-54-22-20-53-18-6-16-39-31(49)12-13-32(50)41-25-10-11-27(40-23-25)35-46-44-34(45-47-35)26-7-3-4-14-37-26/h3-4,7,10-11,14,23,28-29,33H,1-2,5-6,8-9,12-13,15-22,24H2,(H,38,48)(H,39,49)(H,41,50)(H2,42,43,51)/t28-,29-,33-/m0/s1. The Morgan fingerprint density at radius 1 is 0.709 bits per heavy atom. The number of urea groups is 1. The molecule has 0 aromatic carbocycles. The molecule has 0 spiro atoms. The second kappa shape index (κ2) is 23.2. The molecule has 3 atom stereocenters. The highest BCUT2D eigenvalue weighted by Crippen LogP contribution is 2.33. The summed E-state index contributed by atoms with van der Waals surface area (Å²) in [7, 11) is 0. The van der Waals surface area contributed by atoms with E-state index in [0.29, 0.717) is 93.7 Å². The number of fused-ring (bicyclic) bond motifs is 1. The summed E-state index contributed by atoms with van der Waals surface area (Å²) in [6.45, 7) is 3.82. The van der Waals surface area contributed by atoms with Crippen LogP contribution in [0.1, 0.15) is 51.4 Å². The maximum absolute atomic E-state index is 12.3. The molecule has 19 heteroatoms. The molecule has 5 N–H and O–H groups in total. The number of carbonyl (C=O) groups is 4. The molecule has 5 heterocycles. The summed E-state index contributed by atoms with van der Waals surface area (Å²) >= 11 is 1.90. The Hall–Kier alpha value is -4.85. The van der Waals surface area contributed by atoms with Gasteiger partial charge in [0.1, 0.15) is 11.4 Å². The van der Waals surface area contributed by atoms with Crippen molar-refractivity contribution in [3.63, 3.8) is 0 Å². The number of unbranched alkanes of at least 4 members (excludes halogenated alkanes) is 1. The summed E-state index contributed by atoms with van der Waals surface area (Å²) in [5.74, 6) is 1.02. The Morgan fingerprint density at radius 3 is 1.98 bits per heavy atom. The van der Waals surface area contributed by atoms with Gasteiger partial charge in [-0.1, -0.05) is 12.5 Å². The lowest BCUT2D eigenvalue weighted by molar-refractivity contribution is -0.124. The van der Waals surface area contributed by atoms with Crippen LogP contribution in [-0.2, 0) is 28.6 Å². The Labute approximate surface area is 323 Å². The molecule has 18 nitrogen and oxygen atoms in total. The van der Waals surface area contributed by atoms with E-state index in [1.807, 2.05) is 17.8 Å². The number of rotatable bonds is 25. The van der Waals surface area contributed by atoms with Gasteiger partial charge in [0.15, 0.2) is 0 Å². The number of amides is 5. The quantitative estimate of drug-likeness (QED) is 0.0611. The summed E-state index contributed by atoms with van der Waals surface area (Å²) in [4.78, 5) is 56.5. The number of thioether (sulfide) groups is 1. The lowest BCUT2D eigenvalue weighted by Crippen LogP contribution is -2.36. The molecule has 2 saturated heterocycles. The predicted octanol–water partition coefficient (Wildman–Crippen LogP) is 1.90. The molecule has 0 saturated carbocycles. The smallest absolute Gasteiger partial charge is 0.315 e. The number of anilines is 1. The van der Waals surface area contributed by atoms with Gasteiger partial charge < -0.3 is 40.8 Å². The van der Waals surface area contributed by atoms with Crippen LogP contribution in [0.5, 0.6) is 0 Å². The molecule has 5 rings (SSSR count). The van der Waals surface area contributed by atoms with E-state index < -0.39 is 0 Å². The molecule has 55 heavy (non-hydrogen) atoms. The van der Waals surface area contributed by atoms with Crippen molar-refractivity contribution in [3.05, 3.63) is 42.7 Å². The van der Waals surface area contributed by atoms with Crippen LogP contribution in [0.4, 0.5) is 10.5 Å². The molecule has 0 radical (unpaired) electrons. The van der Waals surface area contributed by atoms with Crippen molar-refractivity contribution in [2.75, 3.05) is 63.8 Å². The van der Waals surface area contributed by atoms with E-state index in [9.17, 15) is 19.2 Å². The highest BCUT2D eigenvalue weighted by Gasteiger charge is 2.42. The van der Waals surface area contributed by atoms with E-state index in [1.54, 1.807) is 30.5 Å². The Morgan fingerprint density at radius 2 is 1.35 bits per heavy atom. The number of ether oxygens (including phenoxy) is 3. The maximum Gasteiger partial charge on any atom is 0.315 e. The third kappa shape index (κ3) is 14.7. The summed E-state index contributed by atoms with van der Waals surface area (Å²) in [6.07, 6.45) is 7.89. The Balaban J connectivity index is 0.767. The maximum atomic E-state index is 12.3. The van der Waals surface area contributed by atoms with Crippen LogP contribution in [0.15, 0.2) is 42.7 Å². The second-order valence-corrected chi connectivity index (χ2v) is 14.1. The van der Waals surface area contributed by atoms with E-state index in [1.165, 1.54) is 6.20 Å². The molecule has 2 aliphatic heterocycles. The molecule has 2 fully saturated rings. The minimum absolute atomic E-state index is 0.0255. The largest absolute Gasteiger partial charge is 0.379 e. The van der Waals surface area contributed by atoms with Gasteiger partial charge >= 0.3 is 6.03 Å². The number of carbonyl (C=O) groups excluding carboxylic acids is 4. The van der Waals surface area contributed by atoms with Crippen LogP contribution in [0, 0.1) is 0 Å². The van der Waals surface area contributed by atoms with Gasteiger partial charge in [-0.2, -0.15) is 11.8 Å². The molecule has 0 bridgehead atoms. The fourth-order valence-corrected chi connectivity index (χ4v) is 7.32. The van der Waals surface area contributed by atoms with Crippen LogP contribution >= 0.6 is 11.8 Å². The van der Waals surface area contributed by atoms with Gasteiger partial charge in [0, 0.05) is 62.8 Å². The minimum atomic E-state index is -0.308. The fraction of sp³-hybridized carbons (Fsp3) is 0.556. The van der Waals surface area contributed by atoms with Crippen LogP contribution in [-0.4, -0.2) is 130 Å². The van der Waals surface area contributed by atoms with Gasteiger partial charge in [-0.3, -0.25) is 24.4 Å². The average Bonchev–Trinajstić information content (AvgIpc) is 3.76. The van der Waals surface area contributed by atoms with E-state index in [2.05, 4.69) is 56.9 Å². The van der Waals surface area contributed by atoms with Crippen molar-refractivity contribution in [1.29, 1.82) is 0 Å². The van der Waals surface area contributed by atoms with Gasteiger partial charge in [0.05, 0.1) is 50.4 Å². The normalized spacial score (nSPS) is 17.2. The molecule has 0 aliphatic carbocycles. The first-order valence-electron chi connectivity index (χ1n) is 18.6. The summed E-state index contributed by atoms with van der Waals surface area (Å²) in [5, 5.41) is 31.1. The van der Waals surface area contributed by atoms with Crippen molar-refractivity contribution in [2.24, 2.45) is 0 Å². The number of aromatic nitrogens is 6. The zero-order chi connectivity index (χ0) is 38.5. The predicted molar refractivity (Wildman–Crippen MR) is 204 cm³/mol. The Bertz CT molecular complexity index is 1640. The van der Waals surface area contributed by atoms with Crippen molar-refractivity contribution in [1.82, 2.24) is 51.6 Å². The lowest BCUT2D eigenvalue weighted by atomic mass is 10.0. The molecule has 2 aliphatic rings. The number of nitrogens with one attached hydrogen (secondary N) is 5. The third-order valence-electron chi connectivity index (χ3n) is 8.63. The van der Waals surface area contributed by atoms with Crippen LogP contribution < -0.4 is 26.6 Å². The summed E-state index contributed by atoms with van der Waals surface area (Å²) in [5.41, 5.74) is 1.47.